The molecule has 1 saturated heterocycles. The van der Waals surface area contributed by atoms with Crippen molar-refractivity contribution >= 4 is 5.91 Å². The average molecular weight is 276 g/mol. The van der Waals surface area contributed by atoms with Gasteiger partial charge in [0.2, 0.25) is 0 Å². The zero-order valence-corrected chi connectivity index (χ0v) is 12.0. The van der Waals surface area contributed by atoms with Gasteiger partial charge in [-0.3, -0.25) is 4.79 Å². The first-order valence-electron chi connectivity index (χ1n) is 7.45. The summed E-state index contributed by atoms with van der Waals surface area (Å²) in [5.41, 5.74) is 6.87. The standard InChI is InChI=1S/C16H24N2O2/c17-10-12-18(11-9-14-6-2-1-3-7-14)16(19)15-8-4-5-13-20-15/h1-3,6-7,15H,4-5,8-13,17H2. The molecule has 0 radical (unpaired) electrons. The second kappa shape index (κ2) is 8.02. The quantitative estimate of drug-likeness (QED) is 0.858. The third-order valence-electron chi connectivity index (χ3n) is 3.68. The van der Waals surface area contributed by atoms with E-state index < -0.39 is 0 Å². The van der Waals surface area contributed by atoms with Gasteiger partial charge in [-0.25, -0.2) is 0 Å². The van der Waals surface area contributed by atoms with Crippen LogP contribution in [0.15, 0.2) is 30.3 Å². The number of nitrogens with two attached hydrogens (primary N) is 1. The van der Waals surface area contributed by atoms with Crippen LogP contribution >= 0.6 is 0 Å². The van der Waals surface area contributed by atoms with E-state index in [0.717, 1.165) is 25.7 Å². The Balaban J connectivity index is 1.90. The van der Waals surface area contributed by atoms with Gasteiger partial charge in [-0.15, -0.1) is 0 Å². The molecule has 20 heavy (non-hydrogen) atoms. The van der Waals surface area contributed by atoms with Crippen LogP contribution in [-0.2, 0) is 16.0 Å². The fourth-order valence-corrected chi connectivity index (χ4v) is 2.54. The molecule has 2 N–H and O–H groups in total. The van der Waals surface area contributed by atoms with Crippen LogP contribution < -0.4 is 5.73 Å². The number of nitrogens with zero attached hydrogens (tertiary/aromatic N) is 1. The first kappa shape index (κ1) is 15.0. The average Bonchev–Trinajstić information content (AvgIpc) is 2.52. The number of benzene rings is 1. The summed E-state index contributed by atoms with van der Waals surface area (Å²) in [6, 6.07) is 10.2. The molecule has 1 aliphatic heterocycles. The van der Waals surface area contributed by atoms with Crippen LogP contribution in [-0.4, -0.2) is 43.2 Å². The van der Waals surface area contributed by atoms with Gasteiger partial charge in [0.25, 0.3) is 5.91 Å². The van der Waals surface area contributed by atoms with Gasteiger partial charge in [0, 0.05) is 26.2 Å². The van der Waals surface area contributed by atoms with Crippen molar-refractivity contribution in [3.8, 4) is 0 Å². The molecule has 1 amide bonds. The number of rotatable bonds is 6. The topological polar surface area (TPSA) is 55.6 Å². The molecule has 0 bridgehead atoms. The van der Waals surface area contributed by atoms with Gasteiger partial charge in [0.05, 0.1) is 0 Å². The molecule has 0 spiro atoms. The van der Waals surface area contributed by atoms with Gasteiger partial charge in [-0.1, -0.05) is 30.3 Å². The molecule has 0 saturated carbocycles. The van der Waals surface area contributed by atoms with E-state index in [-0.39, 0.29) is 12.0 Å². The summed E-state index contributed by atoms with van der Waals surface area (Å²) in [5.74, 6) is 0.103. The molecule has 0 aliphatic carbocycles. The number of amides is 1. The second-order valence-corrected chi connectivity index (χ2v) is 5.20. The zero-order chi connectivity index (χ0) is 14.2. The van der Waals surface area contributed by atoms with E-state index in [2.05, 4.69) is 12.1 Å². The summed E-state index contributed by atoms with van der Waals surface area (Å²) in [6.45, 7) is 2.50. The molecular formula is C16H24N2O2. The van der Waals surface area contributed by atoms with Crippen molar-refractivity contribution in [2.75, 3.05) is 26.2 Å². The maximum absolute atomic E-state index is 12.5. The van der Waals surface area contributed by atoms with E-state index in [9.17, 15) is 4.79 Å². The van der Waals surface area contributed by atoms with Crippen molar-refractivity contribution in [1.82, 2.24) is 4.90 Å². The minimum absolute atomic E-state index is 0.103. The molecule has 2 rings (SSSR count). The lowest BCUT2D eigenvalue weighted by Gasteiger charge is -2.29. The van der Waals surface area contributed by atoms with Crippen LogP contribution in [0.4, 0.5) is 0 Å². The third kappa shape index (κ3) is 4.32. The Labute approximate surface area is 120 Å². The first-order valence-corrected chi connectivity index (χ1v) is 7.45. The molecule has 4 heteroatoms. The van der Waals surface area contributed by atoms with Gasteiger partial charge in [0.15, 0.2) is 0 Å². The molecule has 1 fully saturated rings. The van der Waals surface area contributed by atoms with Gasteiger partial charge in [-0.2, -0.15) is 0 Å². The molecule has 1 unspecified atom stereocenters. The highest BCUT2D eigenvalue weighted by Gasteiger charge is 2.26. The summed E-state index contributed by atoms with van der Waals surface area (Å²) >= 11 is 0. The second-order valence-electron chi connectivity index (χ2n) is 5.20. The van der Waals surface area contributed by atoms with Gasteiger partial charge in [0.1, 0.15) is 6.10 Å². The van der Waals surface area contributed by atoms with E-state index in [1.165, 1.54) is 5.56 Å². The predicted molar refractivity (Wildman–Crippen MR) is 79.4 cm³/mol. The summed E-state index contributed by atoms with van der Waals surface area (Å²) in [7, 11) is 0. The Bertz CT molecular complexity index is 402. The zero-order valence-electron chi connectivity index (χ0n) is 12.0. The number of carbonyl (C=O) groups is 1. The Morgan fingerprint density at radius 1 is 1.25 bits per heavy atom. The minimum atomic E-state index is -0.258. The van der Waals surface area contributed by atoms with Gasteiger partial charge >= 0.3 is 0 Å². The van der Waals surface area contributed by atoms with E-state index in [4.69, 9.17) is 10.5 Å². The smallest absolute Gasteiger partial charge is 0.251 e. The van der Waals surface area contributed by atoms with E-state index in [1.807, 2.05) is 23.1 Å². The SMILES string of the molecule is NCCN(CCc1ccccc1)C(=O)C1CCCCO1. The number of ether oxygens (including phenoxy) is 1. The minimum Gasteiger partial charge on any atom is -0.368 e. The maximum atomic E-state index is 12.5. The number of hydrogen-bond acceptors (Lipinski definition) is 3. The molecule has 1 atom stereocenters. The van der Waals surface area contributed by atoms with Crippen LogP contribution in [0.5, 0.6) is 0 Å². The van der Waals surface area contributed by atoms with Crippen molar-refractivity contribution in [1.29, 1.82) is 0 Å². The lowest BCUT2D eigenvalue weighted by molar-refractivity contribution is -0.146. The largest absolute Gasteiger partial charge is 0.368 e. The normalized spacial score (nSPS) is 18.8. The van der Waals surface area contributed by atoms with Crippen LogP contribution in [0.3, 0.4) is 0 Å². The highest BCUT2D eigenvalue weighted by atomic mass is 16.5. The Morgan fingerprint density at radius 2 is 2.05 bits per heavy atom. The molecule has 1 aromatic rings. The Morgan fingerprint density at radius 3 is 2.70 bits per heavy atom. The van der Waals surface area contributed by atoms with Crippen molar-refractivity contribution < 1.29 is 9.53 Å². The van der Waals surface area contributed by atoms with E-state index in [1.54, 1.807) is 0 Å². The van der Waals surface area contributed by atoms with E-state index in [0.29, 0.717) is 26.2 Å². The fourth-order valence-electron chi connectivity index (χ4n) is 2.54. The molecule has 1 heterocycles. The Hall–Kier alpha value is -1.39. The van der Waals surface area contributed by atoms with E-state index >= 15 is 0 Å². The molecule has 0 aromatic heterocycles. The van der Waals surface area contributed by atoms with Crippen molar-refractivity contribution in [3.63, 3.8) is 0 Å². The van der Waals surface area contributed by atoms with Crippen molar-refractivity contribution in [2.24, 2.45) is 5.73 Å². The van der Waals surface area contributed by atoms with Crippen LogP contribution in [0.2, 0.25) is 0 Å². The Kier molecular flexibility index (Phi) is 6.02. The molecule has 4 nitrogen and oxygen atoms in total. The summed E-state index contributed by atoms with van der Waals surface area (Å²) < 4.78 is 5.59. The fraction of sp³-hybridized carbons (Fsp3) is 0.562. The summed E-state index contributed by atoms with van der Waals surface area (Å²) in [4.78, 5) is 14.3. The monoisotopic (exact) mass is 276 g/mol. The number of carbonyl (C=O) groups excluding carboxylic acids is 1. The highest BCUT2D eigenvalue weighted by Crippen LogP contribution is 2.15. The number of hydrogen-bond donors (Lipinski definition) is 1. The first-order chi connectivity index (χ1) is 9.81. The third-order valence-corrected chi connectivity index (χ3v) is 3.68. The highest BCUT2D eigenvalue weighted by molar-refractivity contribution is 5.81. The maximum Gasteiger partial charge on any atom is 0.251 e. The van der Waals surface area contributed by atoms with Crippen LogP contribution in [0.1, 0.15) is 24.8 Å². The summed E-state index contributed by atoms with van der Waals surface area (Å²) in [6.07, 6.45) is 3.58. The lowest BCUT2D eigenvalue weighted by Crippen LogP contribution is -2.44. The molecule has 1 aliphatic rings. The summed E-state index contributed by atoms with van der Waals surface area (Å²) in [5, 5.41) is 0. The predicted octanol–water partition coefficient (Wildman–Crippen LogP) is 1.59. The van der Waals surface area contributed by atoms with Crippen LogP contribution in [0, 0.1) is 0 Å². The van der Waals surface area contributed by atoms with Crippen molar-refractivity contribution in [2.45, 2.75) is 31.8 Å². The van der Waals surface area contributed by atoms with Crippen molar-refractivity contribution in [3.05, 3.63) is 35.9 Å². The van der Waals surface area contributed by atoms with Gasteiger partial charge < -0.3 is 15.4 Å². The lowest BCUT2D eigenvalue weighted by atomic mass is 10.1. The van der Waals surface area contributed by atoms with Crippen LogP contribution in [0.25, 0.3) is 0 Å². The molecule has 1 aromatic carbocycles. The van der Waals surface area contributed by atoms with Gasteiger partial charge in [-0.05, 0) is 31.2 Å². The molecular weight excluding hydrogens is 252 g/mol. The molecule has 110 valence electrons.